The molecule has 9 nitrogen and oxygen atoms in total. The highest BCUT2D eigenvalue weighted by Gasteiger charge is 2.46. The zero-order valence-corrected chi connectivity index (χ0v) is 19.8. The Labute approximate surface area is 204 Å². The fraction of sp³-hybridized carbons (Fsp3) is 0.385. The second-order valence-electron chi connectivity index (χ2n) is 9.63. The topological polar surface area (TPSA) is 131 Å². The minimum atomic E-state index is -1.95. The van der Waals surface area contributed by atoms with E-state index in [0.717, 1.165) is 16.5 Å². The van der Waals surface area contributed by atoms with Gasteiger partial charge in [0.25, 0.3) is 5.56 Å². The number of carbonyl (C=O) groups excluding carboxylic acids is 2. The van der Waals surface area contributed by atoms with Crippen LogP contribution in [0.5, 0.6) is 0 Å². The molecule has 2 aliphatic heterocycles. The molecule has 0 radical (unpaired) electrons. The third kappa shape index (κ3) is 2.88. The first-order valence-electron chi connectivity index (χ1n) is 11.9. The average molecular weight is 493 g/mol. The Hall–Kier alpha value is -3.63. The van der Waals surface area contributed by atoms with E-state index in [0.29, 0.717) is 40.9 Å². The fourth-order valence-corrected chi connectivity index (χ4v) is 5.94. The van der Waals surface area contributed by atoms with E-state index in [9.17, 15) is 29.0 Å². The van der Waals surface area contributed by atoms with Gasteiger partial charge in [-0.25, -0.2) is 14.2 Å². The van der Waals surface area contributed by atoms with Crippen LogP contribution in [0.3, 0.4) is 0 Å². The molecule has 10 heteroatoms. The molecule has 0 fully saturated rings. The van der Waals surface area contributed by atoms with Crippen LogP contribution in [0.15, 0.2) is 16.9 Å². The number of nitrogens with one attached hydrogen (secondary N) is 1. The molecule has 36 heavy (non-hydrogen) atoms. The molecule has 1 aromatic carbocycles. The Balaban J connectivity index is 1.66. The predicted octanol–water partition coefficient (Wildman–Crippen LogP) is 1.62. The molecule has 2 unspecified atom stereocenters. The van der Waals surface area contributed by atoms with Gasteiger partial charge in [0.2, 0.25) is 5.91 Å². The number of esters is 1. The van der Waals surface area contributed by atoms with Crippen LogP contribution >= 0.6 is 0 Å². The summed E-state index contributed by atoms with van der Waals surface area (Å²) in [5.41, 5.74) is 2.09. The third-order valence-corrected chi connectivity index (χ3v) is 7.86. The van der Waals surface area contributed by atoms with Crippen LogP contribution in [-0.4, -0.2) is 38.2 Å². The lowest BCUT2D eigenvalue weighted by Gasteiger charge is -2.31. The molecule has 0 spiro atoms. The van der Waals surface area contributed by atoms with Crippen molar-refractivity contribution in [3.63, 3.8) is 0 Å². The van der Waals surface area contributed by atoms with Gasteiger partial charge in [-0.3, -0.25) is 9.59 Å². The van der Waals surface area contributed by atoms with Crippen molar-refractivity contribution in [2.24, 2.45) is 0 Å². The standard InChI is InChI=1S/C26H24FN3O6/c1-3-26(35)15-6-19-23-13(8-30(19)24(33)14(15)10-36-25(26)34)22-17(28-20(32)9-31)5-4-12-11(2)16(27)7-18(29-23)21(12)22/h6-7,17,31,35H,3-5,8-10H2,1-2H3,(H,28,32). The molecule has 3 aliphatic rings. The van der Waals surface area contributed by atoms with Crippen molar-refractivity contribution in [3.05, 3.63) is 61.7 Å². The molecule has 2 atom stereocenters. The normalized spacial score (nSPS) is 21.6. The van der Waals surface area contributed by atoms with Crippen molar-refractivity contribution in [1.82, 2.24) is 14.9 Å². The summed E-state index contributed by atoms with van der Waals surface area (Å²) in [6.45, 7) is 2.60. The quantitative estimate of drug-likeness (QED) is 0.370. The number of fused-ring (bicyclic) bond motifs is 5. The fourth-order valence-electron chi connectivity index (χ4n) is 5.94. The number of amides is 1. The molecule has 3 N–H and O–H groups in total. The van der Waals surface area contributed by atoms with E-state index in [-0.39, 0.29) is 30.7 Å². The van der Waals surface area contributed by atoms with Gasteiger partial charge in [0.15, 0.2) is 5.60 Å². The Morgan fingerprint density at radius 2 is 2.08 bits per heavy atom. The number of rotatable bonds is 3. The zero-order chi connectivity index (χ0) is 25.5. The number of ether oxygens (including phenoxy) is 1. The summed E-state index contributed by atoms with van der Waals surface area (Å²) < 4.78 is 21.5. The van der Waals surface area contributed by atoms with Gasteiger partial charge < -0.3 is 24.8 Å². The van der Waals surface area contributed by atoms with E-state index < -0.39 is 41.5 Å². The highest BCUT2D eigenvalue weighted by molar-refractivity contribution is 5.94. The van der Waals surface area contributed by atoms with Crippen molar-refractivity contribution in [3.8, 4) is 11.4 Å². The number of aliphatic hydroxyl groups excluding tert-OH is 1. The number of halogens is 1. The van der Waals surface area contributed by atoms with Crippen LogP contribution in [0.2, 0.25) is 0 Å². The molecule has 1 aliphatic carbocycles. The first-order chi connectivity index (χ1) is 17.2. The Bertz CT molecular complexity index is 1580. The van der Waals surface area contributed by atoms with Gasteiger partial charge in [-0.15, -0.1) is 0 Å². The molecule has 0 saturated carbocycles. The molecule has 6 rings (SSSR count). The summed E-state index contributed by atoms with van der Waals surface area (Å²) in [4.78, 5) is 42.9. The average Bonchev–Trinajstić information content (AvgIpc) is 3.24. The third-order valence-electron chi connectivity index (χ3n) is 7.86. The number of aromatic nitrogens is 2. The van der Waals surface area contributed by atoms with Crippen LogP contribution in [0.4, 0.5) is 4.39 Å². The van der Waals surface area contributed by atoms with Crippen molar-refractivity contribution in [2.75, 3.05) is 6.61 Å². The Morgan fingerprint density at radius 3 is 2.81 bits per heavy atom. The maximum atomic E-state index is 14.9. The number of aryl methyl sites for hydroxylation is 1. The van der Waals surface area contributed by atoms with E-state index in [4.69, 9.17) is 9.72 Å². The van der Waals surface area contributed by atoms with Gasteiger partial charge in [-0.2, -0.15) is 0 Å². The van der Waals surface area contributed by atoms with Gasteiger partial charge in [0, 0.05) is 22.6 Å². The number of aliphatic hydroxyl groups is 2. The lowest BCUT2D eigenvalue weighted by Crippen LogP contribution is -2.44. The maximum Gasteiger partial charge on any atom is 0.343 e. The van der Waals surface area contributed by atoms with E-state index in [2.05, 4.69) is 5.32 Å². The molecule has 3 aromatic rings. The number of hydrogen-bond acceptors (Lipinski definition) is 7. The van der Waals surface area contributed by atoms with Crippen LogP contribution in [0.1, 0.15) is 59.2 Å². The lowest BCUT2D eigenvalue weighted by atomic mass is 9.81. The Morgan fingerprint density at radius 1 is 1.31 bits per heavy atom. The maximum absolute atomic E-state index is 14.9. The highest BCUT2D eigenvalue weighted by Crippen LogP contribution is 2.45. The second-order valence-corrected chi connectivity index (χ2v) is 9.63. The van der Waals surface area contributed by atoms with Crippen LogP contribution < -0.4 is 10.9 Å². The monoisotopic (exact) mass is 493 g/mol. The summed E-state index contributed by atoms with van der Waals surface area (Å²) in [6, 6.07) is 2.50. The van der Waals surface area contributed by atoms with E-state index in [1.54, 1.807) is 19.9 Å². The molecule has 1 amide bonds. The van der Waals surface area contributed by atoms with E-state index in [1.165, 1.54) is 10.6 Å². The predicted molar refractivity (Wildman–Crippen MR) is 126 cm³/mol. The summed E-state index contributed by atoms with van der Waals surface area (Å²) >= 11 is 0. The summed E-state index contributed by atoms with van der Waals surface area (Å²) in [6.07, 6.45) is 1.04. The smallest absolute Gasteiger partial charge is 0.343 e. The number of carbonyl (C=O) groups is 2. The van der Waals surface area contributed by atoms with E-state index >= 15 is 0 Å². The number of hydrogen-bond donors (Lipinski definition) is 3. The van der Waals surface area contributed by atoms with Crippen molar-refractivity contribution in [1.29, 1.82) is 0 Å². The number of cyclic esters (lactones) is 1. The van der Waals surface area contributed by atoms with Crippen LogP contribution in [0.25, 0.3) is 22.3 Å². The van der Waals surface area contributed by atoms with Crippen LogP contribution in [0, 0.1) is 12.7 Å². The summed E-state index contributed by atoms with van der Waals surface area (Å²) in [5, 5.41) is 24.0. The largest absolute Gasteiger partial charge is 0.458 e. The van der Waals surface area contributed by atoms with Crippen LogP contribution in [-0.2, 0) is 39.5 Å². The molecule has 0 bridgehead atoms. The number of nitrogens with zero attached hydrogens (tertiary/aromatic N) is 2. The van der Waals surface area contributed by atoms with Crippen molar-refractivity contribution >= 4 is 22.8 Å². The first kappa shape index (κ1) is 22.8. The number of benzene rings is 1. The summed E-state index contributed by atoms with van der Waals surface area (Å²) in [7, 11) is 0. The van der Waals surface area contributed by atoms with Gasteiger partial charge >= 0.3 is 5.97 Å². The van der Waals surface area contributed by atoms with Gasteiger partial charge in [0.1, 0.15) is 19.0 Å². The molecule has 0 saturated heterocycles. The van der Waals surface area contributed by atoms with Gasteiger partial charge in [0.05, 0.1) is 35.1 Å². The SMILES string of the molecule is CCC1(O)C(=O)OCc2c1cc1n(c2=O)Cc2c-1nc1cc(F)c(C)c3c1c2C(NC(=O)CO)CC3. The van der Waals surface area contributed by atoms with Gasteiger partial charge in [-0.05, 0) is 48.9 Å². The molecular formula is C26H24FN3O6. The molecule has 2 aromatic heterocycles. The summed E-state index contributed by atoms with van der Waals surface area (Å²) in [5.74, 6) is -1.74. The Kier molecular flexibility index (Phi) is 4.87. The molecular weight excluding hydrogens is 469 g/mol. The minimum absolute atomic E-state index is 0.0219. The zero-order valence-electron chi connectivity index (χ0n) is 19.8. The van der Waals surface area contributed by atoms with Crippen molar-refractivity contribution < 1.29 is 28.9 Å². The molecule has 186 valence electrons. The molecule has 4 heterocycles. The lowest BCUT2D eigenvalue weighted by molar-refractivity contribution is -0.172. The van der Waals surface area contributed by atoms with E-state index in [1.807, 2.05) is 0 Å². The first-order valence-corrected chi connectivity index (χ1v) is 11.9. The minimum Gasteiger partial charge on any atom is -0.458 e. The number of pyridine rings is 2. The van der Waals surface area contributed by atoms with Crippen molar-refractivity contribution in [2.45, 2.75) is 57.9 Å². The second kappa shape index (κ2) is 7.68. The highest BCUT2D eigenvalue weighted by atomic mass is 19.1. The van der Waals surface area contributed by atoms with Gasteiger partial charge in [-0.1, -0.05) is 6.92 Å².